The molecule has 40 heavy (non-hydrogen) atoms. The van der Waals surface area contributed by atoms with Crippen LogP contribution >= 0.6 is 23.2 Å². The van der Waals surface area contributed by atoms with E-state index in [9.17, 15) is 4.79 Å². The Hall–Kier alpha value is -4.59. The highest BCUT2D eigenvalue weighted by Gasteiger charge is 2.07. The van der Waals surface area contributed by atoms with Crippen LogP contribution in [0.25, 0.3) is 0 Å². The van der Waals surface area contributed by atoms with Crippen LogP contribution in [-0.4, -0.2) is 15.9 Å². The Kier molecular flexibility index (Phi) is 9.57. The summed E-state index contributed by atoms with van der Waals surface area (Å²) >= 11 is 11.8. The fourth-order valence-electron chi connectivity index (χ4n) is 3.44. The van der Waals surface area contributed by atoms with Crippen LogP contribution in [0.4, 0.5) is 11.4 Å². The Labute approximate surface area is 242 Å². The summed E-state index contributed by atoms with van der Waals surface area (Å²) in [4.78, 5) is 20.4. The van der Waals surface area contributed by atoms with Gasteiger partial charge in [-0.25, -0.2) is 9.97 Å². The lowest BCUT2D eigenvalue weighted by molar-refractivity contribution is 0.102. The fraction of sp³-hybridized carbons (Fsp3) is 0.0645. The third-order valence-electron chi connectivity index (χ3n) is 5.49. The Bertz CT molecular complexity index is 1580. The Morgan fingerprint density at radius 3 is 1.75 bits per heavy atom. The number of halogens is 2. The molecule has 0 aliphatic rings. The number of pyridine rings is 2. The zero-order chi connectivity index (χ0) is 28.5. The first-order valence-corrected chi connectivity index (χ1v) is 12.9. The van der Waals surface area contributed by atoms with Gasteiger partial charge in [0.2, 0.25) is 11.8 Å². The molecule has 0 unspecified atom stereocenters. The molecule has 0 spiro atoms. The van der Waals surface area contributed by atoms with Gasteiger partial charge in [0.15, 0.2) is 0 Å². The highest BCUT2D eigenvalue weighted by molar-refractivity contribution is 6.31. The summed E-state index contributed by atoms with van der Waals surface area (Å²) in [5.41, 5.74) is 9.22. The number of benzene rings is 3. The molecule has 0 saturated heterocycles. The average molecular weight is 573 g/mol. The van der Waals surface area contributed by atoms with E-state index in [0.29, 0.717) is 44.5 Å². The largest absolute Gasteiger partial charge is 0.439 e. The number of ether oxygens (including phenoxy) is 2. The van der Waals surface area contributed by atoms with Crippen LogP contribution in [0.15, 0.2) is 103 Å². The van der Waals surface area contributed by atoms with Crippen molar-refractivity contribution in [2.45, 2.75) is 13.8 Å². The Balaban J connectivity index is 0.000000201. The molecule has 3 aromatic carbocycles. The first-order chi connectivity index (χ1) is 19.3. The maximum Gasteiger partial charge on any atom is 0.255 e. The van der Waals surface area contributed by atoms with Crippen LogP contribution < -0.4 is 20.5 Å². The van der Waals surface area contributed by atoms with Crippen LogP contribution in [0.2, 0.25) is 10.0 Å². The number of anilines is 2. The van der Waals surface area contributed by atoms with E-state index < -0.39 is 0 Å². The summed E-state index contributed by atoms with van der Waals surface area (Å²) in [5, 5.41) is 4.14. The molecule has 0 aliphatic carbocycles. The molecule has 202 valence electrons. The summed E-state index contributed by atoms with van der Waals surface area (Å²) in [5.74, 6) is 2.20. The lowest BCUT2D eigenvalue weighted by Gasteiger charge is -2.09. The second-order valence-electron chi connectivity index (χ2n) is 8.66. The van der Waals surface area contributed by atoms with Crippen LogP contribution in [0.1, 0.15) is 21.5 Å². The van der Waals surface area contributed by atoms with Crippen LogP contribution in [0.5, 0.6) is 23.3 Å². The lowest BCUT2D eigenvalue weighted by Crippen LogP contribution is -2.11. The number of carbonyl (C=O) groups excluding carboxylic acids is 1. The minimum atomic E-state index is -0.181. The van der Waals surface area contributed by atoms with Crippen molar-refractivity contribution in [3.63, 3.8) is 0 Å². The minimum Gasteiger partial charge on any atom is -0.439 e. The standard InChI is InChI=1S/C19H15ClN2O2.C12H11ClN2O/c1-13-11-15(20)7-9-17(13)24-18-10-8-16(12-21-18)22-19(23)14-5-3-2-4-6-14;1-8-6-9(13)2-4-11(8)16-12-5-3-10(14)7-15-12/h2-12H,1H3,(H,22,23);2-7H,14H2,1H3. The number of nitrogens with one attached hydrogen (secondary N) is 1. The van der Waals surface area contributed by atoms with Crippen molar-refractivity contribution in [1.82, 2.24) is 9.97 Å². The van der Waals surface area contributed by atoms with Crippen molar-refractivity contribution < 1.29 is 14.3 Å². The highest BCUT2D eigenvalue weighted by atomic mass is 35.5. The number of aryl methyl sites for hydroxylation is 2. The molecule has 0 fully saturated rings. The van der Waals surface area contributed by atoms with Crippen molar-refractivity contribution in [3.05, 3.63) is 130 Å². The third-order valence-corrected chi connectivity index (χ3v) is 5.96. The molecule has 0 saturated carbocycles. The van der Waals surface area contributed by atoms with E-state index in [-0.39, 0.29) is 5.91 Å². The minimum absolute atomic E-state index is 0.181. The van der Waals surface area contributed by atoms with Gasteiger partial charge in [-0.15, -0.1) is 0 Å². The number of rotatable bonds is 6. The van der Waals surface area contributed by atoms with Gasteiger partial charge in [-0.3, -0.25) is 4.79 Å². The van der Waals surface area contributed by atoms with E-state index in [1.54, 1.807) is 67.0 Å². The zero-order valence-corrected chi connectivity index (χ0v) is 23.3. The van der Waals surface area contributed by atoms with E-state index >= 15 is 0 Å². The highest BCUT2D eigenvalue weighted by Crippen LogP contribution is 2.27. The van der Waals surface area contributed by atoms with Crippen LogP contribution in [0, 0.1) is 13.8 Å². The van der Waals surface area contributed by atoms with Gasteiger partial charge >= 0.3 is 0 Å². The molecule has 5 rings (SSSR count). The number of nitrogens with zero attached hydrogens (tertiary/aromatic N) is 2. The van der Waals surface area contributed by atoms with Crippen molar-refractivity contribution in [3.8, 4) is 23.3 Å². The number of aromatic nitrogens is 2. The van der Waals surface area contributed by atoms with Crippen LogP contribution in [0.3, 0.4) is 0 Å². The maximum absolute atomic E-state index is 12.1. The molecule has 7 nitrogen and oxygen atoms in total. The summed E-state index contributed by atoms with van der Waals surface area (Å²) in [6.45, 7) is 3.84. The van der Waals surface area contributed by atoms with E-state index in [1.807, 2.05) is 50.2 Å². The quantitative estimate of drug-likeness (QED) is 0.211. The molecule has 0 bridgehead atoms. The molecule has 0 radical (unpaired) electrons. The van der Waals surface area contributed by atoms with Gasteiger partial charge in [-0.1, -0.05) is 41.4 Å². The first-order valence-electron chi connectivity index (χ1n) is 12.2. The molecule has 2 heterocycles. The molecule has 5 aromatic rings. The lowest BCUT2D eigenvalue weighted by atomic mass is 10.2. The number of hydrogen-bond donors (Lipinski definition) is 2. The molecule has 2 aromatic heterocycles. The third kappa shape index (κ3) is 8.20. The van der Waals surface area contributed by atoms with Crippen molar-refractivity contribution >= 4 is 40.5 Å². The Morgan fingerprint density at radius 1 is 0.725 bits per heavy atom. The molecular weight excluding hydrogens is 547 g/mol. The van der Waals surface area contributed by atoms with Gasteiger partial charge in [0.25, 0.3) is 5.91 Å². The topological polar surface area (TPSA) is 99.4 Å². The van der Waals surface area contributed by atoms with Gasteiger partial charge in [0.05, 0.1) is 23.8 Å². The number of nitrogen functional groups attached to an aromatic ring is 1. The second-order valence-corrected chi connectivity index (χ2v) is 9.53. The summed E-state index contributed by atoms with van der Waals surface area (Å²) in [6, 6.07) is 26.7. The summed E-state index contributed by atoms with van der Waals surface area (Å²) < 4.78 is 11.3. The molecule has 3 N–H and O–H groups in total. The number of carbonyl (C=O) groups is 1. The number of amides is 1. The molecule has 0 atom stereocenters. The maximum atomic E-state index is 12.1. The zero-order valence-electron chi connectivity index (χ0n) is 21.8. The average Bonchev–Trinajstić information content (AvgIpc) is 2.95. The SMILES string of the molecule is Cc1cc(Cl)ccc1Oc1ccc(N)cn1.Cc1cc(Cl)ccc1Oc1ccc(NC(=O)c2ccccc2)cn1. The second kappa shape index (κ2) is 13.5. The van der Waals surface area contributed by atoms with Crippen molar-refractivity contribution in [2.24, 2.45) is 0 Å². The van der Waals surface area contributed by atoms with Crippen LogP contribution in [-0.2, 0) is 0 Å². The summed E-state index contributed by atoms with van der Waals surface area (Å²) in [6.07, 6.45) is 3.11. The van der Waals surface area contributed by atoms with Gasteiger partial charge in [-0.05, 0) is 85.6 Å². The van der Waals surface area contributed by atoms with Crippen molar-refractivity contribution in [2.75, 3.05) is 11.1 Å². The van der Waals surface area contributed by atoms with Gasteiger partial charge < -0.3 is 20.5 Å². The summed E-state index contributed by atoms with van der Waals surface area (Å²) in [7, 11) is 0. The molecule has 9 heteroatoms. The molecule has 1 amide bonds. The predicted octanol–water partition coefficient (Wildman–Crippen LogP) is 8.51. The number of hydrogen-bond acceptors (Lipinski definition) is 6. The van der Waals surface area contributed by atoms with E-state index in [4.69, 9.17) is 38.4 Å². The van der Waals surface area contributed by atoms with Gasteiger partial charge in [0.1, 0.15) is 11.5 Å². The Morgan fingerprint density at radius 2 is 1.27 bits per heavy atom. The molecular formula is C31H26Cl2N4O3. The van der Waals surface area contributed by atoms with E-state index in [1.165, 1.54) is 0 Å². The smallest absolute Gasteiger partial charge is 0.255 e. The normalized spacial score (nSPS) is 10.2. The monoisotopic (exact) mass is 572 g/mol. The van der Waals surface area contributed by atoms with Gasteiger partial charge in [0, 0.05) is 27.7 Å². The van der Waals surface area contributed by atoms with E-state index in [0.717, 1.165) is 16.9 Å². The van der Waals surface area contributed by atoms with E-state index in [2.05, 4.69) is 15.3 Å². The predicted molar refractivity (Wildman–Crippen MR) is 160 cm³/mol. The number of nitrogens with two attached hydrogens (primary N) is 1. The molecule has 0 aliphatic heterocycles. The first kappa shape index (κ1) is 28.4. The fourth-order valence-corrected chi connectivity index (χ4v) is 3.89. The van der Waals surface area contributed by atoms with Gasteiger partial charge in [-0.2, -0.15) is 0 Å². The van der Waals surface area contributed by atoms with Crippen molar-refractivity contribution in [1.29, 1.82) is 0 Å².